The van der Waals surface area contributed by atoms with Gasteiger partial charge in [0.05, 0.1) is 18.7 Å². The van der Waals surface area contributed by atoms with Crippen LogP contribution in [0.1, 0.15) is 33.6 Å². The Kier molecular flexibility index (Phi) is 5.25. The maximum atomic E-state index is 11.3. The number of ether oxygens (including phenoxy) is 2. The summed E-state index contributed by atoms with van der Waals surface area (Å²) >= 11 is 0. The van der Waals surface area contributed by atoms with Crippen molar-refractivity contribution in [1.29, 1.82) is 0 Å². The van der Waals surface area contributed by atoms with Crippen LogP contribution in [0.2, 0.25) is 0 Å². The Morgan fingerprint density at radius 2 is 2.24 bits per heavy atom. The third-order valence-electron chi connectivity index (χ3n) is 2.66. The van der Waals surface area contributed by atoms with E-state index in [0.717, 1.165) is 6.42 Å². The summed E-state index contributed by atoms with van der Waals surface area (Å²) in [6.07, 6.45) is 1.78. The summed E-state index contributed by atoms with van der Waals surface area (Å²) in [5, 5.41) is 0. The second-order valence-electron chi connectivity index (χ2n) is 4.43. The molecule has 0 N–H and O–H groups in total. The van der Waals surface area contributed by atoms with Gasteiger partial charge in [0.2, 0.25) is 5.91 Å². The van der Waals surface area contributed by atoms with Gasteiger partial charge in [-0.2, -0.15) is 0 Å². The number of carbonyl (C=O) groups excluding carboxylic acids is 1. The fourth-order valence-corrected chi connectivity index (χ4v) is 1.68. The first-order valence-electron chi connectivity index (χ1n) is 6.13. The van der Waals surface area contributed by atoms with E-state index in [1.807, 2.05) is 27.8 Å². The van der Waals surface area contributed by atoms with Crippen molar-refractivity contribution >= 4 is 12.0 Å². The first-order valence-corrected chi connectivity index (χ1v) is 6.13. The molecule has 5 nitrogen and oxygen atoms in total. The van der Waals surface area contributed by atoms with E-state index in [9.17, 15) is 4.79 Å². The predicted octanol–water partition coefficient (Wildman–Crippen LogP) is 1.42. The van der Waals surface area contributed by atoms with Crippen LogP contribution in [0.4, 0.5) is 0 Å². The highest BCUT2D eigenvalue weighted by Crippen LogP contribution is 2.16. The fraction of sp³-hybridized carbons (Fsp3) is 0.833. The molecule has 0 bridgehead atoms. The number of hydrogen-bond acceptors (Lipinski definition) is 4. The molecule has 0 spiro atoms. The number of rotatable bonds is 4. The molecule has 0 aromatic heterocycles. The first kappa shape index (κ1) is 13.8. The Bertz CT molecular complexity index is 289. The lowest BCUT2D eigenvalue weighted by atomic mass is 10.2. The van der Waals surface area contributed by atoms with E-state index in [1.54, 1.807) is 4.90 Å². The maximum Gasteiger partial charge on any atom is 0.383 e. The van der Waals surface area contributed by atoms with Gasteiger partial charge in [0.1, 0.15) is 6.61 Å². The van der Waals surface area contributed by atoms with Crippen LogP contribution >= 0.6 is 0 Å². The predicted molar refractivity (Wildman–Crippen MR) is 65.9 cm³/mol. The van der Waals surface area contributed by atoms with Crippen LogP contribution < -0.4 is 0 Å². The summed E-state index contributed by atoms with van der Waals surface area (Å²) in [6, 6.07) is 0.278. The van der Waals surface area contributed by atoms with Crippen LogP contribution in [0, 0.1) is 0 Å². The minimum atomic E-state index is 0.138. The zero-order valence-corrected chi connectivity index (χ0v) is 11.1. The Hall–Kier alpha value is -1.26. The highest BCUT2D eigenvalue weighted by molar-refractivity contribution is 5.78. The number of hydrogen-bond donors (Lipinski definition) is 0. The zero-order chi connectivity index (χ0) is 12.8. The summed E-state index contributed by atoms with van der Waals surface area (Å²) < 4.78 is 10.8. The van der Waals surface area contributed by atoms with Crippen molar-refractivity contribution in [2.45, 2.75) is 45.7 Å². The van der Waals surface area contributed by atoms with Gasteiger partial charge in [-0.1, -0.05) is 0 Å². The Labute approximate surface area is 103 Å². The van der Waals surface area contributed by atoms with Crippen LogP contribution in [0.5, 0.6) is 0 Å². The average molecular weight is 242 g/mol. The summed E-state index contributed by atoms with van der Waals surface area (Å²) in [7, 11) is 1.81. The number of amides is 1. The highest BCUT2D eigenvalue weighted by atomic mass is 16.7. The van der Waals surface area contributed by atoms with Crippen molar-refractivity contribution in [2.24, 2.45) is 4.99 Å². The SMILES string of the molecule is CCOC(=NC(C)C)OCC1CCC(=O)N1C. The molecule has 0 radical (unpaired) electrons. The van der Waals surface area contributed by atoms with E-state index in [0.29, 0.717) is 25.7 Å². The van der Waals surface area contributed by atoms with Crippen LogP contribution in [-0.2, 0) is 14.3 Å². The summed E-state index contributed by atoms with van der Waals surface area (Å²) in [6.45, 7) is 6.81. The zero-order valence-electron chi connectivity index (χ0n) is 11.1. The monoisotopic (exact) mass is 242 g/mol. The molecule has 1 amide bonds. The molecule has 5 heteroatoms. The molecule has 1 fully saturated rings. The van der Waals surface area contributed by atoms with Crippen molar-refractivity contribution < 1.29 is 14.3 Å². The normalized spacial score (nSPS) is 21.2. The number of likely N-dealkylation sites (N-methyl/N-ethyl adjacent to an activating group) is 1. The molecule has 1 aliphatic rings. The molecular formula is C12H22N2O3. The lowest BCUT2D eigenvalue weighted by Crippen LogP contribution is -2.33. The fourth-order valence-electron chi connectivity index (χ4n) is 1.68. The lowest BCUT2D eigenvalue weighted by molar-refractivity contribution is -0.128. The van der Waals surface area contributed by atoms with Gasteiger partial charge in [0, 0.05) is 13.5 Å². The van der Waals surface area contributed by atoms with Crippen molar-refractivity contribution in [3.05, 3.63) is 0 Å². The molecule has 0 aromatic rings. The van der Waals surface area contributed by atoms with E-state index in [4.69, 9.17) is 9.47 Å². The number of nitrogens with zero attached hydrogens (tertiary/aromatic N) is 2. The quantitative estimate of drug-likeness (QED) is 0.553. The molecule has 98 valence electrons. The second-order valence-corrected chi connectivity index (χ2v) is 4.43. The second kappa shape index (κ2) is 6.47. The van der Waals surface area contributed by atoms with Crippen LogP contribution in [0.3, 0.4) is 0 Å². The Morgan fingerprint density at radius 3 is 2.71 bits per heavy atom. The summed E-state index contributed by atoms with van der Waals surface area (Å²) in [5.41, 5.74) is 0. The van der Waals surface area contributed by atoms with Crippen molar-refractivity contribution in [2.75, 3.05) is 20.3 Å². The van der Waals surface area contributed by atoms with Gasteiger partial charge < -0.3 is 14.4 Å². The molecule has 0 saturated carbocycles. The minimum Gasteiger partial charge on any atom is -0.451 e. The average Bonchev–Trinajstić information content (AvgIpc) is 2.56. The molecule has 1 rings (SSSR count). The molecular weight excluding hydrogens is 220 g/mol. The number of carbonyl (C=O) groups is 1. The molecule has 1 unspecified atom stereocenters. The standard InChI is InChI=1S/C12H22N2O3/c1-5-16-12(13-9(2)3)17-8-10-6-7-11(15)14(10)4/h9-10H,5-8H2,1-4H3. The molecule has 1 heterocycles. The topological polar surface area (TPSA) is 51.1 Å². The van der Waals surface area contributed by atoms with Gasteiger partial charge in [0.15, 0.2) is 0 Å². The van der Waals surface area contributed by atoms with Gasteiger partial charge in [-0.3, -0.25) is 4.79 Å². The van der Waals surface area contributed by atoms with Gasteiger partial charge in [-0.05, 0) is 27.2 Å². The number of likely N-dealkylation sites (tertiary alicyclic amines) is 1. The van der Waals surface area contributed by atoms with E-state index in [-0.39, 0.29) is 18.0 Å². The molecule has 1 aliphatic heterocycles. The van der Waals surface area contributed by atoms with Crippen molar-refractivity contribution in [3.63, 3.8) is 0 Å². The van der Waals surface area contributed by atoms with Crippen LogP contribution in [-0.4, -0.2) is 49.2 Å². The smallest absolute Gasteiger partial charge is 0.383 e. The molecule has 17 heavy (non-hydrogen) atoms. The summed E-state index contributed by atoms with van der Waals surface area (Å²) in [4.78, 5) is 17.3. The van der Waals surface area contributed by atoms with Gasteiger partial charge in [-0.15, -0.1) is 0 Å². The van der Waals surface area contributed by atoms with Crippen LogP contribution in [0.25, 0.3) is 0 Å². The minimum absolute atomic E-state index is 0.138. The van der Waals surface area contributed by atoms with Crippen molar-refractivity contribution in [1.82, 2.24) is 4.90 Å². The van der Waals surface area contributed by atoms with E-state index >= 15 is 0 Å². The molecule has 0 aliphatic carbocycles. The Balaban J connectivity index is 2.44. The van der Waals surface area contributed by atoms with Crippen LogP contribution in [0.15, 0.2) is 4.99 Å². The maximum absolute atomic E-state index is 11.3. The third kappa shape index (κ3) is 4.24. The summed E-state index contributed by atoms with van der Waals surface area (Å²) in [5.74, 6) is 0.178. The number of aliphatic imine (C=N–C) groups is 1. The Morgan fingerprint density at radius 1 is 1.53 bits per heavy atom. The highest BCUT2D eigenvalue weighted by Gasteiger charge is 2.28. The van der Waals surface area contributed by atoms with Crippen molar-refractivity contribution in [3.8, 4) is 0 Å². The van der Waals surface area contributed by atoms with E-state index in [1.165, 1.54) is 0 Å². The van der Waals surface area contributed by atoms with E-state index < -0.39 is 0 Å². The first-order chi connectivity index (χ1) is 8.04. The molecule has 1 atom stereocenters. The molecule has 1 saturated heterocycles. The molecule has 0 aromatic carbocycles. The van der Waals surface area contributed by atoms with E-state index in [2.05, 4.69) is 4.99 Å². The largest absolute Gasteiger partial charge is 0.451 e. The lowest BCUT2D eigenvalue weighted by Gasteiger charge is -2.20. The van der Waals surface area contributed by atoms with Gasteiger partial charge in [-0.25, -0.2) is 4.99 Å². The van der Waals surface area contributed by atoms with Gasteiger partial charge in [0.25, 0.3) is 0 Å². The third-order valence-corrected chi connectivity index (χ3v) is 2.66. The van der Waals surface area contributed by atoms with Gasteiger partial charge >= 0.3 is 6.08 Å².